The first-order valence-corrected chi connectivity index (χ1v) is 3.91. The molecule has 0 radical (unpaired) electrons. The van der Waals surface area contributed by atoms with Crippen molar-refractivity contribution in [1.29, 1.82) is 0 Å². The zero-order chi connectivity index (χ0) is 7.40. The molecule has 0 aliphatic rings. The van der Waals surface area contributed by atoms with Crippen LogP contribution in [-0.4, -0.2) is 6.21 Å². The molecule has 0 spiro atoms. The molecule has 0 saturated carbocycles. The van der Waals surface area contributed by atoms with Crippen molar-refractivity contribution in [2.24, 2.45) is 4.99 Å². The molecule has 1 nitrogen and oxygen atoms in total. The van der Waals surface area contributed by atoms with E-state index in [1.165, 1.54) is 4.88 Å². The summed E-state index contributed by atoms with van der Waals surface area (Å²) in [5.41, 5.74) is 1.05. The van der Waals surface area contributed by atoms with Gasteiger partial charge in [0.2, 0.25) is 0 Å². The first-order chi connectivity index (χ1) is 4.84. The van der Waals surface area contributed by atoms with Gasteiger partial charge in [-0.25, -0.2) is 0 Å². The summed E-state index contributed by atoms with van der Waals surface area (Å²) in [5.74, 6) is 0. The van der Waals surface area contributed by atoms with Crippen LogP contribution < -0.4 is 0 Å². The quantitative estimate of drug-likeness (QED) is 0.576. The molecule has 0 saturated heterocycles. The van der Waals surface area contributed by atoms with Gasteiger partial charge in [0.15, 0.2) is 0 Å². The Morgan fingerprint density at radius 3 is 3.00 bits per heavy atom. The smallest absolute Gasteiger partial charge is 0.0765 e. The molecule has 0 fully saturated rings. The summed E-state index contributed by atoms with van der Waals surface area (Å²) in [6.07, 6.45) is 3.38. The van der Waals surface area contributed by atoms with Gasteiger partial charge in [-0.1, -0.05) is 12.7 Å². The Balaban J connectivity index is 2.83. The molecular weight excluding hydrogens is 142 g/mol. The van der Waals surface area contributed by atoms with E-state index < -0.39 is 0 Å². The number of rotatable bonds is 2. The van der Waals surface area contributed by atoms with Crippen LogP contribution in [0.3, 0.4) is 0 Å². The van der Waals surface area contributed by atoms with Gasteiger partial charge in [-0.15, -0.1) is 11.3 Å². The van der Waals surface area contributed by atoms with Crippen molar-refractivity contribution in [3.05, 3.63) is 29.0 Å². The maximum Gasteiger partial charge on any atom is 0.0765 e. The Bertz CT molecular complexity index is 248. The molecule has 1 aromatic rings. The zero-order valence-electron chi connectivity index (χ0n) is 5.87. The fourth-order valence-electron chi connectivity index (χ4n) is 0.645. The summed E-state index contributed by atoms with van der Waals surface area (Å²) in [4.78, 5) is 5.40. The predicted octanol–water partition coefficient (Wildman–Crippen LogP) is 2.94. The molecule has 1 rings (SSSR count). The van der Waals surface area contributed by atoms with E-state index in [1.807, 2.05) is 11.4 Å². The van der Waals surface area contributed by atoms with E-state index >= 15 is 0 Å². The minimum Gasteiger partial charge on any atom is -0.256 e. The number of thiophene rings is 1. The van der Waals surface area contributed by atoms with Gasteiger partial charge in [-0.05, 0) is 18.4 Å². The van der Waals surface area contributed by atoms with Crippen LogP contribution in [0.15, 0.2) is 29.1 Å². The van der Waals surface area contributed by atoms with Crippen LogP contribution in [0.2, 0.25) is 0 Å². The summed E-state index contributed by atoms with van der Waals surface area (Å²) >= 11 is 1.71. The fraction of sp³-hybridized carbons (Fsp3) is 0.125. The molecule has 0 N–H and O–H groups in total. The van der Waals surface area contributed by atoms with Crippen molar-refractivity contribution in [3.8, 4) is 0 Å². The normalized spacial score (nSPS) is 10.5. The average Bonchev–Trinajstić information content (AvgIpc) is 2.31. The van der Waals surface area contributed by atoms with Crippen LogP contribution in [0.4, 0.5) is 5.69 Å². The molecule has 0 bridgehead atoms. The summed E-state index contributed by atoms with van der Waals surface area (Å²) in [6, 6.07) is 2.00. The van der Waals surface area contributed by atoms with E-state index in [1.54, 1.807) is 23.6 Å². The monoisotopic (exact) mass is 151 g/mol. The Morgan fingerprint density at radius 1 is 1.70 bits per heavy atom. The van der Waals surface area contributed by atoms with E-state index in [0.29, 0.717) is 0 Å². The standard InChI is InChI=1S/C8H9NS/c1-3-5-9-8-4-6-10-7(8)2/h3-6H,1H2,2H3. The third-order valence-electron chi connectivity index (χ3n) is 1.15. The number of hydrogen-bond acceptors (Lipinski definition) is 2. The summed E-state index contributed by atoms with van der Waals surface area (Å²) < 4.78 is 0. The molecule has 0 atom stereocenters. The van der Waals surface area contributed by atoms with Gasteiger partial charge in [0.1, 0.15) is 0 Å². The van der Waals surface area contributed by atoms with Crippen LogP contribution in [0.5, 0.6) is 0 Å². The highest BCUT2D eigenvalue weighted by Crippen LogP contribution is 2.22. The topological polar surface area (TPSA) is 12.4 Å². The summed E-state index contributed by atoms with van der Waals surface area (Å²) in [5, 5.41) is 2.03. The number of nitrogens with zero attached hydrogens (tertiary/aromatic N) is 1. The molecule has 2 heteroatoms. The van der Waals surface area contributed by atoms with Crippen molar-refractivity contribution < 1.29 is 0 Å². The van der Waals surface area contributed by atoms with Crippen molar-refractivity contribution in [1.82, 2.24) is 0 Å². The lowest BCUT2D eigenvalue weighted by Crippen LogP contribution is -1.62. The van der Waals surface area contributed by atoms with Gasteiger partial charge < -0.3 is 0 Å². The SMILES string of the molecule is C=CC=Nc1ccsc1C. The van der Waals surface area contributed by atoms with E-state index in [2.05, 4.69) is 18.5 Å². The minimum atomic E-state index is 1.05. The van der Waals surface area contributed by atoms with Crippen molar-refractivity contribution >= 4 is 23.2 Å². The summed E-state index contributed by atoms with van der Waals surface area (Å²) in [7, 11) is 0. The number of hydrogen-bond donors (Lipinski definition) is 0. The largest absolute Gasteiger partial charge is 0.256 e. The van der Waals surface area contributed by atoms with Crippen molar-refractivity contribution in [2.45, 2.75) is 6.92 Å². The lowest BCUT2D eigenvalue weighted by Gasteiger charge is -1.85. The Labute approximate surface area is 64.7 Å². The van der Waals surface area contributed by atoms with Gasteiger partial charge in [0.25, 0.3) is 0 Å². The zero-order valence-corrected chi connectivity index (χ0v) is 6.69. The predicted molar refractivity (Wildman–Crippen MR) is 47.4 cm³/mol. The highest BCUT2D eigenvalue weighted by Gasteiger charge is 1.92. The average molecular weight is 151 g/mol. The lowest BCUT2D eigenvalue weighted by atomic mass is 10.4. The number of allylic oxidation sites excluding steroid dienone is 1. The van der Waals surface area contributed by atoms with E-state index in [-0.39, 0.29) is 0 Å². The minimum absolute atomic E-state index is 1.05. The van der Waals surface area contributed by atoms with Crippen LogP contribution >= 0.6 is 11.3 Å². The number of aryl methyl sites for hydroxylation is 1. The molecule has 0 aromatic carbocycles. The Morgan fingerprint density at radius 2 is 2.50 bits per heavy atom. The molecule has 1 aromatic heterocycles. The maximum absolute atomic E-state index is 4.15. The molecule has 0 amide bonds. The van der Waals surface area contributed by atoms with Gasteiger partial charge in [-0.2, -0.15) is 0 Å². The lowest BCUT2D eigenvalue weighted by molar-refractivity contribution is 1.51. The molecule has 0 aliphatic heterocycles. The first-order valence-electron chi connectivity index (χ1n) is 3.04. The second-order valence-electron chi connectivity index (χ2n) is 1.88. The molecule has 0 unspecified atom stereocenters. The van der Waals surface area contributed by atoms with Crippen LogP contribution in [0.1, 0.15) is 4.88 Å². The van der Waals surface area contributed by atoms with E-state index in [4.69, 9.17) is 0 Å². The number of aliphatic imine (C=N–C) groups is 1. The third kappa shape index (κ3) is 1.54. The van der Waals surface area contributed by atoms with Crippen LogP contribution in [-0.2, 0) is 0 Å². The second kappa shape index (κ2) is 3.32. The van der Waals surface area contributed by atoms with Crippen LogP contribution in [0, 0.1) is 6.92 Å². The molecule has 52 valence electrons. The maximum atomic E-state index is 4.15. The molecule has 1 heterocycles. The van der Waals surface area contributed by atoms with Crippen molar-refractivity contribution in [2.75, 3.05) is 0 Å². The van der Waals surface area contributed by atoms with E-state index in [9.17, 15) is 0 Å². The second-order valence-corrected chi connectivity index (χ2v) is 3.00. The molecule has 0 aliphatic carbocycles. The highest BCUT2D eigenvalue weighted by atomic mass is 32.1. The third-order valence-corrected chi connectivity index (χ3v) is 1.99. The molecular formula is C8H9NS. The van der Waals surface area contributed by atoms with Crippen LogP contribution in [0.25, 0.3) is 0 Å². The Hall–Kier alpha value is -0.890. The van der Waals surface area contributed by atoms with Gasteiger partial charge in [0.05, 0.1) is 5.69 Å². The highest BCUT2D eigenvalue weighted by molar-refractivity contribution is 7.10. The first kappa shape index (κ1) is 7.22. The van der Waals surface area contributed by atoms with Gasteiger partial charge >= 0.3 is 0 Å². The van der Waals surface area contributed by atoms with Gasteiger partial charge in [-0.3, -0.25) is 4.99 Å². The molecule has 10 heavy (non-hydrogen) atoms. The Kier molecular flexibility index (Phi) is 2.40. The fourth-order valence-corrected chi connectivity index (χ4v) is 1.29. The van der Waals surface area contributed by atoms with Crippen molar-refractivity contribution in [3.63, 3.8) is 0 Å². The van der Waals surface area contributed by atoms with E-state index in [0.717, 1.165) is 5.69 Å². The summed E-state index contributed by atoms with van der Waals surface area (Å²) in [6.45, 7) is 5.60. The van der Waals surface area contributed by atoms with Gasteiger partial charge in [0, 0.05) is 11.1 Å².